The van der Waals surface area contributed by atoms with E-state index < -0.39 is 0 Å². The number of aromatic nitrogens is 1. The van der Waals surface area contributed by atoms with Crippen LogP contribution in [0.1, 0.15) is 37.8 Å². The quantitative estimate of drug-likeness (QED) is 0.786. The van der Waals surface area contributed by atoms with E-state index in [0.29, 0.717) is 5.15 Å². The predicted molar refractivity (Wildman–Crippen MR) is 88.0 cm³/mol. The van der Waals surface area contributed by atoms with Gasteiger partial charge in [-0.05, 0) is 50.9 Å². The summed E-state index contributed by atoms with van der Waals surface area (Å²) in [5.74, 6) is 0. The van der Waals surface area contributed by atoms with E-state index in [1.807, 2.05) is 6.07 Å². The van der Waals surface area contributed by atoms with Crippen LogP contribution in [0.15, 0.2) is 12.1 Å². The third-order valence-corrected chi connectivity index (χ3v) is 5.28. The highest BCUT2D eigenvalue weighted by molar-refractivity contribution is 6.32. The summed E-state index contributed by atoms with van der Waals surface area (Å²) in [6.45, 7) is 5.67. The van der Waals surface area contributed by atoms with Gasteiger partial charge in [0, 0.05) is 25.7 Å². The van der Waals surface area contributed by atoms with Crippen LogP contribution in [0.2, 0.25) is 10.2 Å². The van der Waals surface area contributed by atoms with Crippen LogP contribution in [0, 0.1) is 0 Å². The van der Waals surface area contributed by atoms with Crippen molar-refractivity contribution in [2.75, 3.05) is 26.2 Å². The lowest BCUT2D eigenvalue weighted by Gasteiger charge is -2.40. The van der Waals surface area contributed by atoms with Crippen LogP contribution < -0.4 is 0 Å². The van der Waals surface area contributed by atoms with Crippen LogP contribution in [0.5, 0.6) is 0 Å². The molecule has 0 atom stereocenters. The molecule has 3 nitrogen and oxygen atoms in total. The molecular weight excluding hydrogens is 305 g/mol. The molecule has 116 valence electrons. The zero-order valence-electron chi connectivity index (χ0n) is 12.4. The second kappa shape index (κ2) is 7.28. The van der Waals surface area contributed by atoms with E-state index >= 15 is 0 Å². The van der Waals surface area contributed by atoms with Gasteiger partial charge in [0.1, 0.15) is 5.15 Å². The minimum atomic E-state index is 0.526. The molecule has 0 aliphatic carbocycles. The minimum Gasteiger partial charge on any atom is -0.300 e. The van der Waals surface area contributed by atoms with Gasteiger partial charge >= 0.3 is 0 Å². The van der Waals surface area contributed by atoms with Gasteiger partial charge in [0.05, 0.1) is 10.7 Å². The van der Waals surface area contributed by atoms with Gasteiger partial charge in [0.15, 0.2) is 0 Å². The molecule has 2 fully saturated rings. The highest BCUT2D eigenvalue weighted by Crippen LogP contribution is 2.23. The average molecular weight is 328 g/mol. The third kappa shape index (κ3) is 4.10. The van der Waals surface area contributed by atoms with Crippen molar-refractivity contribution in [3.05, 3.63) is 28.0 Å². The minimum absolute atomic E-state index is 0.526. The summed E-state index contributed by atoms with van der Waals surface area (Å²) in [4.78, 5) is 9.51. The first-order valence-corrected chi connectivity index (χ1v) is 8.75. The zero-order valence-corrected chi connectivity index (χ0v) is 13.9. The van der Waals surface area contributed by atoms with Crippen molar-refractivity contribution in [2.45, 2.75) is 44.7 Å². The molecule has 0 saturated carbocycles. The second-order valence-electron chi connectivity index (χ2n) is 6.17. The standard InChI is InChI=1S/C16H23Cl2N3/c17-14-4-5-16(18)19-15(14)12-20-10-6-13(7-11-20)21-8-2-1-3-9-21/h4-5,13H,1-3,6-12H2. The number of halogens is 2. The molecule has 1 aromatic rings. The molecule has 2 aliphatic heterocycles. The normalized spacial score (nSPS) is 22.6. The largest absolute Gasteiger partial charge is 0.300 e. The van der Waals surface area contributed by atoms with Crippen LogP contribution in [0.3, 0.4) is 0 Å². The Bertz CT molecular complexity index is 467. The van der Waals surface area contributed by atoms with Crippen molar-refractivity contribution in [3.63, 3.8) is 0 Å². The van der Waals surface area contributed by atoms with E-state index in [2.05, 4.69) is 14.8 Å². The molecule has 3 heterocycles. The molecule has 21 heavy (non-hydrogen) atoms. The molecule has 2 aliphatic rings. The summed E-state index contributed by atoms with van der Waals surface area (Å²) >= 11 is 12.2. The summed E-state index contributed by atoms with van der Waals surface area (Å²) in [6, 6.07) is 4.37. The Labute approximate surface area is 137 Å². The highest BCUT2D eigenvalue weighted by atomic mass is 35.5. The lowest BCUT2D eigenvalue weighted by Crippen LogP contribution is -2.46. The topological polar surface area (TPSA) is 19.4 Å². The van der Waals surface area contributed by atoms with Gasteiger partial charge in [0.25, 0.3) is 0 Å². The van der Waals surface area contributed by atoms with Crippen molar-refractivity contribution >= 4 is 23.2 Å². The molecule has 3 rings (SSSR count). The number of hydrogen-bond donors (Lipinski definition) is 0. The maximum Gasteiger partial charge on any atom is 0.129 e. The first-order chi connectivity index (χ1) is 10.2. The van der Waals surface area contributed by atoms with E-state index in [9.17, 15) is 0 Å². The van der Waals surface area contributed by atoms with Gasteiger partial charge in [-0.2, -0.15) is 0 Å². The summed E-state index contributed by atoms with van der Waals surface area (Å²) in [5, 5.41) is 1.25. The van der Waals surface area contributed by atoms with Gasteiger partial charge in [0.2, 0.25) is 0 Å². The molecule has 2 saturated heterocycles. The third-order valence-electron chi connectivity index (χ3n) is 4.72. The number of piperidine rings is 2. The highest BCUT2D eigenvalue weighted by Gasteiger charge is 2.25. The van der Waals surface area contributed by atoms with Crippen molar-refractivity contribution in [1.29, 1.82) is 0 Å². The van der Waals surface area contributed by atoms with Crippen LogP contribution >= 0.6 is 23.2 Å². The fourth-order valence-electron chi connectivity index (χ4n) is 3.51. The molecule has 0 spiro atoms. The first-order valence-electron chi connectivity index (χ1n) is 8.00. The molecule has 1 aromatic heterocycles. The molecule has 0 radical (unpaired) electrons. The van der Waals surface area contributed by atoms with Crippen molar-refractivity contribution < 1.29 is 0 Å². The van der Waals surface area contributed by atoms with Gasteiger partial charge in [-0.15, -0.1) is 0 Å². The SMILES string of the molecule is Clc1ccc(Cl)c(CN2CCC(N3CCCCC3)CC2)n1. The maximum atomic E-state index is 6.21. The van der Waals surface area contributed by atoms with Gasteiger partial charge in [-0.25, -0.2) is 4.98 Å². The van der Waals surface area contributed by atoms with E-state index in [-0.39, 0.29) is 0 Å². The summed E-state index contributed by atoms with van der Waals surface area (Å²) in [6.07, 6.45) is 6.69. The van der Waals surface area contributed by atoms with Crippen molar-refractivity contribution in [1.82, 2.24) is 14.8 Å². The molecule has 5 heteroatoms. The number of rotatable bonds is 3. The lowest BCUT2D eigenvalue weighted by atomic mass is 10.00. The van der Waals surface area contributed by atoms with Gasteiger partial charge in [-0.3, -0.25) is 4.90 Å². The molecule has 0 amide bonds. The van der Waals surface area contributed by atoms with E-state index in [4.69, 9.17) is 23.2 Å². The Morgan fingerprint density at radius 2 is 1.71 bits per heavy atom. The fourth-order valence-corrected chi connectivity index (χ4v) is 3.84. The Morgan fingerprint density at radius 1 is 1.00 bits per heavy atom. The summed E-state index contributed by atoms with van der Waals surface area (Å²) in [5.41, 5.74) is 0.903. The number of nitrogens with zero attached hydrogens (tertiary/aromatic N) is 3. The Hall–Kier alpha value is -0.350. The van der Waals surface area contributed by atoms with Crippen LogP contribution in [-0.2, 0) is 6.54 Å². The first kappa shape index (κ1) is 15.5. The number of pyridine rings is 1. The lowest BCUT2D eigenvalue weighted by molar-refractivity contribution is 0.0891. The van der Waals surface area contributed by atoms with Crippen LogP contribution in [-0.4, -0.2) is 47.0 Å². The molecular formula is C16H23Cl2N3. The van der Waals surface area contributed by atoms with E-state index in [1.165, 1.54) is 45.2 Å². The molecule has 0 N–H and O–H groups in total. The van der Waals surface area contributed by atoms with Crippen molar-refractivity contribution in [2.24, 2.45) is 0 Å². The fraction of sp³-hybridized carbons (Fsp3) is 0.688. The number of hydrogen-bond acceptors (Lipinski definition) is 3. The van der Waals surface area contributed by atoms with Gasteiger partial charge < -0.3 is 4.90 Å². The molecule has 0 aromatic carbocycles. The average Bonchev–Trinajstić information content (AvgIpc) is 2.53. The maximum absolute atomic E-state index is 6.21. The Morgan fingerprint density at radius 3 is 2.43 bits per heavy atom. The van der Waals surface area contributed by atoms with E-state index in [1.54, 1.807) is 6.07 Å². The molecule has 0 bridgehead atoms. The number of likely N-dealkylation sites (tertiary alicyclic amines) is 2. The zero-order chi connectivity index (χ0) is 14.7. The monoisotopic (exact) mass is 327 g/mol. The van der Waals surface area contributed by atoms with Crippen LogP contribution in [0.25, 0.3) is 0 Å². The summed E-state index contributed by atoms with van der Waals surface area (Å²) in [7, 11) is 0. The smallest absolute Gasteiger partial charge is 0.129 e. The van der Waals surface area contributed by atoms with Crippen molar-refractivity contribution in [3.8, 4) is 0 Å². The Balaban J connectivity index is 1.52. The molecule has 0 unspecified atom stereocenters. The van der Waals surface area contributed by atoms with Crippen LogP contribution in [0.4, 0.5) is 0 Å². The Kier molecular flexibility index (Phi) is 5.38. The van der Waals surface area contributed by atoms with E-state index in [0.717, 1.165) is 36.4 Å². The van der Waals surface area contributed by atoms with Gasteiger partial charge in [-0.1, -0.05) is 29.6 Å². The second-order valence-corrected chi connectivity index (χ2v) is 6.96. The summed E-state index contributed by atoms with van der Waals surface area (Å²) < 4.78 is 0. The predicted octanol–water partition coefficient (Wildman–Crippen LogP) is 3.84.